The van der Waals surface area contributed by atoms with E-state index in [9.17, 15) is 18.3 Å². The minimum atomic E-state index is -4.41. The summed E-state index contributed by atoms with van der Waals surface area (Å²) in [6.45, 7) is 0. The van der Waals surface area contributed by atoms with E-state index in [2.05, 4.69) is 4.98 Å². The van der Waals surface area contributed by atoms with Gasteiger partial charge in [-0.2, -0.15) is 13.2 Å². The summed E-state index contributed by atoms with van der Waals surface area (Å²) in [5, 5.41) is 9.72. The lowest BCUT2D eigenvalue weighted by Crippen LogP contribution is -2.44. The molecule has 0 amide bonds. The number of aromatic nitrogens is 1. The van der Waals surface area contributed by atoms with Gasteiger partial charge >= 0.3 is 6.18 Å². The van der Waals surface area contributed by atoms with Crippen LogP contribution >= 0.6 is 0 Å². The molecule has 3 rings (SSSR count). The van der Waals surface area contributed by atoms with Crippen LogP contribution in [0.1, 0.15) is 31.4 Å². The number of fused-ring (bicyclic) bond motifs is 2. The van der Waals surface area contributed by atoms with E-state index in [0.29, 0.717) is 18.5 Å². The molecule has 104 valence electrons. The monoisotopic (exact) mass is 272 g/mol. The molecule has 1 N–H and O–H groups in total. The molecule has 0 saturated carbocycles. The predicted octanol–water partition coefficient (Wildman–Crippen LogP) is 2.59. The van der Waals surface area contributed by atoms with Crippen LogP contribution in [0, 0.1) is 0 Å². The van der Waals surface area contributed by atoms with E-state index < -0.39 is 11.9 Å². The molecule has 3 nitrogen and oxygen atoms in total. The fourth-order valence-corrected chi connectivity index (χ4v) is 3.30. The van der Waals surface area contributed by atoms with Crippen LogP contribution in [0.3, 0.4) is 0 Å². The van der Waals surface area contributed by atoms with Gasteiger partial charge in [0, 0.05) is 24.0 Å². The normalized spacial score (nSPS) is 30.7. The van der Waals surface area contributed by atoms with E-state index in [1.807, 2.05) is 4.90 Å². The standard InChI is InChI=1S/C13H15F3N2O/c14-13(15,16)12-7-10(3-4-17-12)18-8-1-2-9(18)6-11(19)5-8/h3-4,7-9,11,19H,1-2,5-6H2. The highest BCUT2D eigenvalue weighted by molar-refractivity contribution is 5.51. The van der Waals surface area contributed by atoms with Crippen molar-refractivity contribution in [2.45, 2.75) is 50.0 Å². The Morgan fingerprint density at radius 1 is 1.21 bits per heavy atom. The molecule has 0 spiro atoms. The molecular weight excluding hydrogens is 257 g/mol. The molecule has 3 heterocycles. The summed E-state index contributed by atoms with van der Waals surface area (Å²) in [5.74, 6) is 0. The Balaban J connectivity index is 1.91. The molecule has 2 aliphatic rings. The van der Waals surface area contributed by atoms with Crippen molar-refractivity contribution < 1.29 is 18.3 Å². The first kappa shape index (κ1) is 12.7. The van der Waals surface area contributed by atoms with Gasteiger partial charge in [0.1, 0.15) is 5.69 Å². The van der Waals surface area contributed by atoms with Crippen LogP contribution in [0.4, 0.5) is 18.9 Å². The Hall–Kier alpha value is -1.30. The zero-order chi connectivity index (χ0) is 13.6. The second-order valence-electron chi connectivity index (χ2n) is 5.31. The Bertz CT molecular complexity index is 463. The van der Waals surface area contributed by atoms with Crippen molar-refractivity contribution in [3.8, 4) is 0 Å². The maximum absolute atomic E-state index is 12.7. The Morgan fingerprint density at radius 2 is 1.84 bits per heavy atom. The summed E-state index contributed by atoms with van der Waals surface area (Å²) in [5.41, 5.74) is -0.280. The molecule has 2 aliphatic heterocycles. The number of alkyl halides is 3. The number of hydrogen-bond donors (Lipinski definition) is 1. The number of hydrogen-bond acceptors (Lipinski definition) is 3. The summed E-state index contributed by atoms with van der Waals surface area (Å²) in [6.07, 6.45) is -0.373. The minimum Gasteiger partial charge on any atom is -0.393 e. The summed E-state index contributed by atoms with van der Waals surface area (Å²) >= 11 is 0. The first-order chi connectivity index (χ1) is 8.95. The molecule has 2 bridgehead atoms. The molecule has 0 aliphatic carbocycles. The van der Waals surface area contributed by atoms with Crippen molar-refractivity contribution in [2.75, 3.05) is 4.90 Å². The average molecular weight is 272 g/mol. The molecule has 1 aromatic rings. The number of halogens is 3. The topological polar surface area (TPSA) is 36.4 Å². The van der Waals surface area contributed by atoms with Gasteiger partial charge in [-0.25, -0.2) is 0 Å². The molecule has 6 heteroatoms. The number of pyridine rings is 1. The maximum Gasteiger partial charge on any atom is 0.433 e. The number of aliphatic hydroxyl groups excluding tert-OH is 1. The molecule has 0 radical (unpaired) electrons. The van der Waals surface area contributed by atoms with Gasteiger partial charge < -0.3 is 10.0 Å². The highest BCUT2D eigenvalue weighted by Gasteiger charge is 2.41. The molecule has 19 heavy (non-hydrogen) atoms. The van der Waals surface area contributed by atoms with E-state index in [1.54, 1.807) is 6.07 Å². The van der Waals surface area contributed by atoms with Crippen LogP contribution in [-0.2, 0) is 6.18 Å². The Labute approximate surface area is 109 Å². The average Bonchev–Trinajstić information content (AvgIpc) is 2.61. The van der Waals surface area contributed by atoms with Crippen molar-refractivity contribution >= 4 is 5.69 Å². The summed E-state index contributed by atoms with van der Waals surface area (Å²) in [7, 11) is 0. The van der Waals surface area contributed by atoms with Crippen molar-refractivity contribution in [3.05, 3.63) is 24.0 Å². The SMILES string of the molecule is OC1CC2CCC(C1)N2c1ccnc(C(F)(F)F)c1. The lowest BCUT2D eigenvalue weighted by Gasteiger charge is -2.39. The Kier molecular flexibility index (Phi) is 2.92. The second-order valence-corrected chi connectivity index (χ2v) is 5.31. The van der Waals surface area contributed by atoms with Gasteiger partial charge in [0.05, 0.1) is 6.10 Å². The smallest absolute Gasteiger partial charge is 0.393 e. The number of rotatable bonds is 1. The van der Waals surface area contributed by atoms with Crippen LogP contribution in [0.25, 0.3) is 0 Å². The molecule has 2 unspecified atom stereocenters. The van der Waals surface area contributed by atoms with E-state index in [0.717, 1.165) is 18.9 Å². The van der Waals surface area contributed by atoms with Crippen molar-refractivity contribution in [2.24, 2.45) is 0 Å². The molecule has 2 fully saturated rings. The number of piperidine rings is 1. The van der Waals surface area contributed by atoms with Crippen molar-refractivity contribution in [3.63, 3.8) is 0 Å². The van der Waals surface area contributed by atoms with Gasteiger partial charge in [0.25, 0.3) is 0 Å². The van der Waals surface area contributed by atoms with Crippen LogP contribution in [0.15, 0.2) is 18.3 Å². The lowest BCUT2D eigenvalue weighted by atomic mass is 9.99. The van der Waals surface area contributed by atoms with Crippen LogP contribution in [0.5, 0.6) is 0 Å². The van der Waals surface area contributed by atoms with Gasteiger partial charge in [0.15, 0.2) is 0 Å². The minimum absolute atomic E-state index is 0.150. The van der Waals surface area contributed by atoms with Crippen LogP contribution in [0.2, 0.25) is 0 Å². The second kappa shape index (κ2) is 4.37. The van der Waals surface area contributed by atoms with Crippen LogP contribution in [-0.4, -0.2) is 28.3 Å². The largest absolute Gasteiger partial charge is 0.433 e. The van der Waals surface area contributed by atoms with E-state index in [4.69, 9.17) is 0 Å². The first-order valence-corrected chi connectivity index (χ1v) is 6.45. The van der Waals surface area contributed by atoms with Gasteiger partial charge in [-0.1, -0.05) is 0 Å². The Morgan fingerprint density at radius 3 is 2.42 bits per heavy atom. The number of nitrogens with zero attached hydrogens (tertiary/aromatic N) is 2. The van der Waals surface area contributed by atoms with E-state index >= 15 is 0 Å². The maximum atomic E-state index is 12.7. The fourth-order valence-electron chi connectivity index (χ4n) is 3.30. The predicted molar refractivity (Wildman–Crippen MR) is 63.8 cm³/mol. The van der Waals surface area contributed by atoms with Crippen LogP contribution < -0.4 is 4.90 Å². The highest BCUT2D eigenvalue weighted by atomic mass is 19.4. The summed E-state index contributed by atoms with van der Waals surface area (Å²) in [4.78, 5) is 5.42. The molecule has 2 saturated heterocycles. The fraction of sp³-hybridized carbons (Fsp3) is 0.615. The molecular formula is C13H15F3N2O. The van der Waals surface area contributed by atoms with Crippen molar-refractivity contribution in [1.82, 2.24) is 4.98 Å². The summed E-state index contributed by atoms with van der Waals surface area (Å²) < 4.78 is 38.1. The van der Waals surface area contributed by atoms with E-state index in [-0.39, 0.29) is 18.2 Å². The zero-order valence-corrected chi connectivity index (χ0v) is 10.3. The first-order valence-electron chi connectivity index (χ1n) is 6.45. The molecule has 2 atom stereocenters. The van der Waals surface area contributed by atoms with E-state index in [1.165, 1.54) is 6.20 Å². The van der Waals surface area contributed by atoms with Gasteiger partial charge in [0.2, 0.25) is 0 Å². The quantitative estimate of drug-likeness (QED) is 0.853. The molecule has 0 aromatic carbocycles. The van der Waals surface area contributed by atoms with Gasteiger partial charge in [-0.15, -0.1) is 0 Å². The van der Waals surface area contributed by atoms with Crippen molar-refractivity contribution in [1.29, 1.82) is 0 Å². The third kappa shape index (κ3) is 2.29. The third-order valence-corrected chi connectivity index (χ3v) is 4.04. The lowest BCUT2D eigenvalue weighted by molar-refractivity contribution is -0.141. The number of anilines is 1. The zero-order valence-electron chi connectivity index (χ0n) is 10.3. The summed E-state index contributed by atoms with van der Waals surface area (Å²) in [6, 6.07) is 3.04. The third-order valence-electron chi connectivity index (χ3n) is 4.04. The highest BCUT2D eigenvalue weighted by Crippen LogP contribution is 2.40. The number of aliphatic hydroxyl groups is 1. The molecule has 1 aromatic heterocycles. The van der Waals surface area contributed by atoms with Gasteiger partial charge in [-0.05, 0) is 37.8 Å². The van der Waals surface area contributed by atoms with Gasteiger partial charge in [-0.3, -0.25) is 4.98 Å².